The van der Waals surface area contributed by atoms with E-state index in [1.54, 1.807) is 4.90 Å². The lowest BCUT2D eigenvalue weighted by molar-refractivity contribution is -0.906. The van der Waals surface area contributed by atoms with Gasteiger partial charge in [0.25, 0.3) is 0 Å². The molecule has 2 nitrogen and oxygen atoms in total. The average Bonchev–Trinajstić information content (AvgIpc) is 2.75. The van der Waals surface area contributed by atoms with Gasteiger partial charge in [-0.1, -0.05) is 13.8 Å². The zero-order chi connectivity index (χ0) is 12.3. The fourth-order valence-corrected chi connectivity index (χ4v) is 2.70. The Kier molecular flexibility index (Phi) is 4.27. The van der Waals surface area contributed by atoms with Crippen LogP contribution in [0.5, 0.6) is 0 Å². The molecule has 2 rings (SSSR count). The Labute approximate surface area is 105 Å². The summed E-state index contributed by atoms with van der Waals surface area (Å²) in [6, 6.07) is 4.20. The molecular formula is C15H26NO+. The largest absolute Gasteiger partial charge is 0.466 e. The summed E-state index contributed by atoms with van der Waals surface area (Å²) in [6.45, 7) is 10.7. The van der Waals surface area contributed by atoms with E-state index in [1.807, 2.05) is 6.92 Å². The van der Waals surface area contributed by atoms with Crippen LogP contribution >= 0.6 is 0 Å². The van der Waals surface area contributed by atoms with Crippen molar-refractivity contribution in [3.05, 3.63) is 23.7 Å². The molecule has 1 fully saturated rings. The Morgan fingerprint density at radius 1 is 1.35 bits per heavy atom. The van der Waals surface area contributed by atoms with E-state index >= 15 is 0 Å². The fourth-order valence-electron chi connectivity index (χ4n) is 2.70. The van der Waals surface area contributed by atoms with Gasteiger partial charge >= 0.3 is 0 Å². The van der Waals surface area contributed by atoms with Gasteiger partial charge in [-0.05, 0) is 37.8 Å². The molecule has 1 aliphatic rings. The Bertz CT molecular complexity index is 336. The highest BCUT2D eigenvalue weighted by Gasteiger charge is 2.20. The lowest BCUT2D eigenvalue weighted by atomic mass is 9.98. The first-order chi connectivity index (χ1) is 8.15. The van der Waals surface area contributed by atoms with Crippen molar-refractivity contribution < 1.29 is 9.32 Å². The predicted octanol–water partition coefficient (Wildman–Crippen LogP) is 2.40. The van der Waals surface area contributed by atoms with Gasteiger partial charge in [-0.3, -0.25) is 0 Å². The number of likely N-dealkylation sites (tertiary alicyclic amines) is 1. The van der Waals surface area contributed by atoms with Crippen LogP contribution in [0.25, 0.3) is 0 Å². The predicted molar refractivity (Wildman–Crippen MR) is 70.4 cm³/mol. The SMILES string of the molecule is Cc1ccc([C@H](C)CC[NH+]2CCC(C)CC2)o1. The number of rotatable bonds is 4. The zero-order valence-corrected chi connectivity index (χ0v) is 11.5. The van der Waals surface area contributed by atoms with Crippen LogP contribution in [-0.2, 0) is 0 Å². The van der Waals surface area contributed by atoms with Gasteiger partial charge in [0.15, 0.2) is 0 Å². The number of hydrogen-bond acceptors (Lipinski definition) is 1. The van der Waals surface area contributed by atoms with Crippen LogP contribution < -0.4 is 4.90 Å². The molecule has 1 aromatic rings. The number of piperidine rings is 1. The molecule has 1 aliphatic heterocycles. The third-order valence-electron chi connectivity index (χ3n) is 4.16. The average molecular weight is 236 g/mol. The maximum absolute atomic E-state index is 5.69. The molecule has 0 bridgehead atoms. The summed E-state index contributed by atoms with van der Waals surface area (Å²) in [5, 5.41) is 0. The summed E-state index contributed by atoms with van der Waals surface area (Å²) in [6.07, 6.45) is 4.06. The molecule has 2 heterocycles. The van der Waals surface area contributed by atoms with Crippen molar-refractivity contribution in [2.24, 2.45) is 5.92 Å². The summed E-state index contributed by atoms with van der Waals surface area (Å²) >= 11 is 0. The molecule has 1 saturated heterocycles. The van der Waals surface area contributed by atoms with E-state index in [2.05, 4.69) is 26.0 Å². The second-order valence-electron chi connectivity index (χ2n) is 5.82. The maximum Gasteiger partial charge on any atom is 0.107 e. The van der Waals surface area contributed by atoms with Crippen LogP contribution in [0.3, 0.4) is 0 Å². The summed E-state index contributed by atoms with van der Waals surface area (Å²) in [7, 11) is 0. The summed E-state index contributed by atoms with van der Waals surface area (Å²) in [4.78, 5) is 1.79. The molecule has 96 valence electrons. The molecule has 17 heavy (non-hydrogen) atoms. The number of aryl methyl sites for hydroxylation is 1. The molecule has 0 aliphatic carbocycles. The van der Waals surface area contributed by atoms with Crippen molar-refractivity contribution in [2.75, 3.05) is 19.6 Å². The topological polar surface area (TPSA) is 17.6 Å². The monoisotopic (exact) mass is 236 g/mol. The highest BCUT2D eigenvalue weighted by Crippen LogP contribution is 2.20. The summed E-state index contributed by atoms with van der Waals surface area (Å²) < 4.78 is 5.69. The first-order valence-electron chi connectivity index (χ1n) is 7.05. The molecule has 0 radical (unpaired) electrons. The second kappa shape index (κ2) is 5.72. The van der Waals surface area contributed by atoms with Crippen LogP contribution in [0, 0.1) is 12.8 Å². The van der Waals surface area contributed by atoms with Crippen LogP contribution in [0.1, 0.15) is 50.5 Å². The Hall–Kier alpha value is -0.760. The third kappa shape index (κ3) is 3.60. The molecule has 0 spiro atoms. The fraction of sp³-hybridized carbons (Fsp3) is 0.733. The minimum absolute atomic E-state index is 0.565. The van der Waals surface area contributed by atoms with E-state index in [0.29, 0.717) is 5.92 Å². The standard InChI is InChI=1S/C15H25NO/c1-12-6-9-16(10-7-12)11-8-13(2)15-5-4-14(3)17-15/h4-5,12-13H,6-11H2,1-3H3/p+1/t13-/m1/s1. The third-order valence-corrected chi connectivity index (χ3v) is 4.16. The van der Waals surface area contributed by atoms with Gasteiger partial charge in [0.1, 0.15) is 11.5 Å². The van der Waals surface area contributed by atoms with Gasteiger partial charge in [-0.25, -0.2) is 0 Å². The molecule has 0 amide bonds. The minimum Gasteiger partial charge on any atom is -0.466 e. The van der Waals surface area contributed by atoms with Crippen molar-refractivity contribution in [3.8, 4) is 0 Å². The Morgan fingerprint density at radius 3 is 2.65 bits per heavy atom. The van der Waals surface area contributed by atoms with Gasteiger partial charge in [0.05, 0.1) is 19.6 Å². The lowest BCUT2D eigenvalue weighted by Gasteiger charge is -2.27. The van der Waals surface area contributed by atoms with Crippen LogP contribution in [0.15, 0.2) is 16.5 Å². The van der Waals surface area contributed by atoms with E-state index in [1.165, 1.54) is 38.9 Å². The van der Waals surface area contributed by atoms with Crippen LogP contribution in [0.2, 0.25) is 0 Å². The van der Waals surface area contributed by atoms with Crippen molar-refractivity contribution in [3.63, 3.8) is 0 Å². The first kappa shape index (κ1) is 12.7. The Balaban J connectivity index is 1.74. The maximum atomic E-state index is 5.69. The molecular weight excluding hydrogens is 210 g/mol. The molecule has 1 atom stereocenters. The first-order valence-corrected chi connectivity index (χ1v) is 7.05. The van der Waals surface area contributed by atoms with E-state index in [4.69, 9.17) is 4.42 Å². The number of nitrogens with one attached hydrogen (secondary N) is 1. The smallest absolute Gasteiger partial charge is 0.107 e. The van der Waals surface area contributed by atoms with E-state index in [0.717, 1.165) is 17.4 Å². The molecule has 0 aromatic carbocycles. The molecule has 0 saturated carbocycles. The summed E-state index contributed by atoms with van der Waals surface area (Å²) in [5.74, 6) is 3.71. The molecule has 1 aromatic heterocycles. The van der Waals surface area contributed by atoms with Crippen molar-refractivity contribution in [1.82, 2.24) is 0 Å². The van der Waals surface area contributed by atoms with Gasteiger partial charge in [0, 0.05) is 12.3 Å². The minimum atomic E-state index is 0.565. The van der Waals surface area contributed by atoms with E-state index < -0.39 is 0 Å². The van der Waals surface area contributed by atoms with Crippen molar-refractivity contribution >= 4 is 0 Å². The van der Waals surface area contributed by atoms with Gasteiger partial charge in [0.2, 0.25) is 0 Å². The highest BCUT2D eigenvalue weighted by molar-refractivity contribution is 5.09. The van der Waals surface area contributed by atoms with E-state index in [9.17, 15) is 0 Å². The highest BCUT2D eigenvalue weighted by atomic mass is 16.3. The molecule has 1 N–H and O–H groups in total. The normalized spacial score (nSPS) is 27.0. The zero-order valence-electron chi connectivity index (χ0n) is 11.5. The number of hydrogen-bond donors (Lipinski definition) is 1. The van der Waals surface area contributed by atoms with Crippen molar-refractivity contribution in [2.45, 2.75) is 46.0 Å². The van der Waals surface area contributed by atoms with Crippen LogP contribution in [0.4, 0.5) is 0 Å². The van der Waals surface area contributed by atoms with Crippen molar-refractivity contribution in [1.29, 1.82) is 0 Å². The summed E-state index contributed by atoms with van der Waals surface area (Å²) in [5.41, 5.74) is 0. The van der Waals surface area contributed by atoms with Crippen LogP contribution in [-0.4, -0.2) is 19.6 Å². The quantitative estimate of drug-likeness (QED) is 0.850. The number of quaternary nitrogens is 1. The van der Waals surface area contributed by atoms with Gasteiger partial charge < -0.3 is 9.32 Å². The second-order valence-corrected chi connectivity index (χ2v) is 5.82. The van der Waals surface area contributed by atoms with E-state index in [-0.39, 0.29) is 0 Å². The van der Waals surface area contributed by atoms with Gasteiger partial charge in [-0.15, -0.1) is 0 Å². The molecule has 2 heteroatoms. The Morgan fingerprint density at radius 2 is 2.06 bits per heavy atom. The number of furan rings is 1. The molecule has 0 unspecified atom stereocenters. The van der Waals surface area contributed by atoms with Gasteiger partial charge in [-0.2, -0.15) is 0 Å². The lowest BCUT2D eigenvalue weighted by Crippen LogP contribution is -3.13.